The number of carbonyl (C=O) groups excluding carboxylic acids is 1. The molecule has 1 N–H and O–H groups in total. The van der Waals surface area contributed by atoms with Gasteiger partial charge >= 0.3 is 0 Å². The van der Waals surface area contributed by atoms with Crippen LogP contribution in [0.4, 0.5) is 0 Å². The summed E-state index contributed by atoms with van der Waals surface area (Å²) in [7, 11) is -1.32. The molecule has 0 aliphatic carbocycles. The second kappa shape index (κ2) is 35.7. The average Bonchev–Trinajstić information content (AvgIpc) is 3.50. The lowest BCUT2D eigenvalue weighted by atomic mass is 10.0. The van der Waals surface area contributed by atoms with E-state index < -0.39 is 10.4 Å². The van der Waals surface area contributed by atoms with E-state index in [4.69, 9.17) is 4.99 Å². The second-order valence-corrected chi connectivity index (χ2v) is 17.0. The van der Waals surface area contributed by atoms with Gasteiger partial charge in [-0.1, -0.05) is 200 Å². The van der Waals surface area contributed by atoms with Gasteiger partial charge in [-0.05, 0) is 12.8 Å². The highest BCUT2D eigenvalue weighted by atomic mass is 32.3. The van der Waals surface area contributed by atoms with Gasteiger partial charge < -0.3 is 9.87 Å². The predicted octanol–water partition coefficient (Wildman–Crippen LogP) is 12.3. The molecule has 0 radical (unpaired) electrons. The largest absolute Gasteiger partial charge is 0.726 e. The Morgan fingerprint density at radius 2 is 0.962 bits per heavy atom. The van der Waals surface area contributed by atoms with E-state index in [2.05, 4.69) is 37.3 Å². The van der Waals surface area contributed by atoms with Crippen molar-refractivity contribution in [3.63, 3.8) is 0 Å². The molecule has 0 bridgehead atoms. The molecule has 0 saturated carbocycles. The van der Waals surface area contributed by atoms with Crippen molar-refractivity contribution < 1.29 is 26.4 Å². The van der Waals surface area contributed by atoms with Crippen LogP contribution in [0, 0.1) is 0 Å². The van der Waals surface area contributed by atoms with Gasteiger partial charge in [0.05, 0.1) is 20.7 Å². The summed E-state index contributed by atoms with van der Waals surface area (Å²) in [5, 5.41) is 3.35. The Balaban J connectivity index is 0.00000397. The molecular formula is C43H87N3O5S. The van der Waals surface area contributed by atoms with Crippen molar-refractivity contribution in [1.29, 1.82) is 0 Å². The third kappa shape index (κ3) is 31.3. The summed E-state index contributed by atoms with van der Waals surface area (Å²) < 4.78 is 31.8. The van der Waals surface area contributed by atoms with Crippen molar-refractivity contribution >= 4 is 22.1 Å². The molecule has 1 aliphatic heterocycles. The van der Waals surface area contributed by atoms with Crippen molar-refractivity contribution in [3.8, 4) is 0 Å². The summed E-state index contributed by atoms with van der Waals surface area (Å²) in [6, 6.07) is 0. The number of hydrogen-bond acceptors (Lipinski definition) is 6. The standard InChI is InChI=1S/C42H83N3O.CH4O4S/c1-5-7-9-11-13-15-17-19-21-23-24-26-28-30-32-34-36-41-43-38-39-45(41,4)40(3)44-42(46)37-35-33-31-29-27-25-22-20-18-16-14-12-10-8-6-2;1-5-6(2,3)4/h40H,5-39H2,1-4H3;1H3,(H,2,3,4). The van der Waals surface area contributed by atoms with E-state index in [0.717, 1.165) is 37.5 Å². The van der Waals surface area contributed by atoms with Gasteiger partial charge in [0.15, 0.2) is 12.0 Å². The first-order chi connectivity index (χ1) is 25.1. The molecule has 0 saturated heterocycles. The van der Waals surface area contributed by atoms with Gasteiger partial charge in [0.2, 0.25) is 16.3 Å². The molecule has 9 heteroatoms. The monoisotopic (exact) mass is 758 g/mol. The Hall–Kier alpha value is -1.03. The maximum atomic E-state index is 12.7. The summed E-state index contributed by atoms with van der Waals surface area (Å²) in [6.45, 7) is 8.71. The van der Waals surface area contributed by atoms with Gasteiger partial charge in [-0.25, -0.2) is 13.4 Å². The maximum absolute atomic E-state index is 12.7. The Labute approximate surface area is 324 Å². The lowest BCUT2D eigenvalue weighted by Gasteiger charge is -2.36. The molecule has 8 nitrogen and oxygen atoms in total. The van der Waals surface area contributed by atoms with E-state index in [1.165, 1.54) is 198 Å². The van der Waals surface area contributed by atoms with Crippen LogP contribution in [0.1, 0.15) is 233 Å². The number of quaternary nitrogens is 1. The normalized spacial score (nSPS) is 16.4. The zero-order valence-corrected chi connectivity index (χ0v) is 36.0. The van der Waals surface area contributed by atoms with Crippen LogP contribution >= 0.6 is 0 Å². The third-order valence-electron chi connectivity index (χ3n) is 11.1. The molecule has 310 valence electrons. The fraction of sp³-hybridized carbons (Fsp3) is 0.953. The summed E-state index contributed by atoms with van der Waals surface area (Å²) in [4.78, 5) is 17.7. The molecule has 1 aliphatic rings. The number of aliphatic imine (C=N–C) groups is 1. The highest BCUT2D eigenvalue weighted by Gasteiger charge is 2.39. The molecule has 2 atom stereocenters. The molecule has 0 aromatic rings. The number of carbonyl (C=O) groups is 1. The highest BCUT2D eigenvalue weighted by molar-refractivity contribution is 7.80. The van der Waals surface area contributed by atoms with E-state index in [9.17, 15) is 17.8 Å². The number of rotatable bonds is 36. The predicted molar refractivity (Wildman–Crippen MR) is 221 cm³/mol. The minimum absolute atomic E-state index is 0.117. The van der Waals surface area contributed by atoms with Crippen LogP contribution in [-0.4, -0.2) is 62.6 Å². The second-order valence-electron chi connectivity index (χ2n) is 15.9. The van der Waals surface area contributed by atoms with Crippen LogP contribution < -0.4 is 5.32 Å². The lowest BCUT2D eigenvalue weighted by Crippen LogP contribution is -2.60. The Kier molecular flexibility index (Phi) is 35.0. The lowest BCUT2D eigenvalue weighted by molar-refractivity contribution is -0.843. The molecule has 0 spiro atoms. The molecule has 0 aromatic heterocycles. The molecule has 2 unspecified atom stereocenters. The molecule has 52 heavy (non-hydrogen) atoms. The number of hydrogen-bond donors (Lipinski definition) is 1. The van der Waals surface area contributed by atoms with E-state index in [1.807, 2.05) is 0 Å². The topological polar surface area (TPSA) is 108 Å². The SMILES string of the molecule is CCCCCCCCCCCCCCCCCCC1=NCC[N+]1(C)C(C)NC(=O)CCCCCCCCCCCCCCCCC.COS(=O)(=O)[O-]. The summed E-state index contributed by atoms with van der Waals surface area (Å²) >= 11 is 0. The minimum Gasteiger partial charge on any atom is -0.726 e. The first-order valence-electron chi connectivity index (χ1n) is 22.3. The van der Waals surface area contributed by atoms with Gasteiger partial charge in [-0.2, -0.15) is 0 Å². The number of likely N-dealkylation sites (N-methyl/N-ethyl adjacent to an activating group) is 1. The van der Waals surface area contributed by atoms with Crippen molar-refractivity contribution in [3.05, 3.63) is 0 Å². The van der Waals surface area contributed by atoms with Crippen LogP contribution in [0.25, 0.3) is 0 Å². The van der Waals surface area contributed by atoms with E-state index in [1.54, 1.807) is 0 Å². The van der Waals surface area contributed by atoms with Crippen molar-refractivity contribution in [2.75, 3.05) is 27.2 Å². The van der Waals surface area contributed by atoms with Crippen molar-refractivity contribution in [2.45, 2.75) is 239 Å². The molecule has 1 amide bonds. The number of amidine groups is 1. The highest BCUT2D eigenvalue weighted by Crippen LogP contribution is 2.22. The summed E-state index contributed by atoms with van der Waals surface area (Å²) in [5.74, 6) is 1.54. The fourth-order valence-electron chi connectivity index (χ4n) is 7.36. The summed E-state index contributed by atoms with van der Waals surface area (Å²) in [6.07, 6.45) is 44.8. The van der Waals surface area contributed by atoms with Crippen LogP contribution in [0.2, 0.25) is 0 Å². The van der Waals surface area contributed by atoms with E-state index in [-0.39, 0.29) is 12.1 Å². The van der Waals surface area contributed by atoms with Crippen molar-refractivity contribution in [2.24, 2.45) is 4.99 Å². The van der Waals surface area contributed by atoms with Crippen LogP contribution in [0.3, 0.4) is 0 Å². The molecular weight excluding hydrogens is 671 g/mol. The molecule has 1 rings (SSSR count). The minimum atomic E-state index is -4.41. The Morgan fingerprint density at radius 1 is 0.654 bits per heavy atom. The van der Waals surface area contributed by atoms with Crippen LogP contribution in [0.15, 0.2) is 4.99 Å². The zero-order valence-electron chi connectivity index (χ0n) is 35.2. The van der Waals surface area contributed by atoms with E-state index in [0.29, 0.717) is 6.42 Å². The quantitative estimate of drug-likeness (QED) is 0.0296. The van der Waals surface area contributed by atoms with Gasteiger partial charge in [0.1, 0.15) is 6.54 Å². The Bertz CT molecular complexity index is 945. The van der Waals surface area contributed by atoms with E-state index >= 15 is 0 Å². The molecule has 1 heterocycles. The van der Waals surface area contributed by atoms with Crippen LogP contribution in [0.5, 0.6) is 0 Å². The number of nitrogens with one attached hydrogen (secondary N) is 1. The van der Waals surface area contributed by atoms with Gasteiger partial charge in [0, 0.05) is 19.8 Å². The third-order valence-corrected chi connectivity index (χ3v) is 11.5. The van der Waals surface area contributed by atoms with Gasteiger partial charge in [-0.15, -0.1) is 0 Å². The smallest absolute Gasteiger partial charge is 0.224 e. The maximum Gasteiger partial charge on any atom is 0.224 e. The van der Waals surface area contributed by atoms with Crippen LogP contribution in [-0.2, 0) is 19.4 Å². The number of nitrogens with zero attached hydrogens (tertiary/aromatic N) is 2. The molecule has 0 fully saturated rings. The summed E-state index contributed by atoms with van der Waals surface area (Å²) in [5.41, 5.74) is 0. The van der Waals surface area contributed by atoms with Gasteiger partial charge in [-0.3, -0.25) is 13.5 Å². The Morgan fingerprint density at radius 3 is 1.29 bits per heavy atom. The fourth-order valence-corrected chi connectivity index (χ4v) is 7.36. The van der Waals surface area contributed by atoms with Gasteiger partial charge in [0.25, 0.3) is 0 Å². The zero-order chi connectivity index (χ0) is 38.6. The first kappa shape index (κ1) is 51.0. The first-order valence-corrected chi connectivity index (χ1v) is 23.6. The number of unbranched alkanes of at least 4 members (excludes halogenated alkanes) is 29. The van der Waals surface area contributed by atoms with Crippen molar-refractivity contribution in [1.82, 2.24) is 5.32 Å². The molecule has 0 aromatic carbocycles. The average molecular weight is 758 g/mol. The number of amides is 1.